The number of nitrogens with one attached hydrogen (secondary N) is 1. The van der Waals surface area contributed by atoms with E-state index in [0.29, 0.717) is 0 Å². The Morgan fingerprint density at radius 3 is 3.00 bits per heavy atom. The monoisotopic (exact) mass is 176 g/mol. The van der Waals surface area contributed by atoms with Crippen LogP contribution in [0, 0.1) is 0 Å². The van der Waals surface area contributed by atoms with Crippen molar-refractivity contribution >= 4 is 0 Å². The Bertz CT molecular complexity index is 305. The summed E-state index contributed by atoms with van der Waals surface area (Å²) in [6.45, 7) is 2.10. The molecule has 0 spiro atoms. The van der Waals surface area contributed by atoms with Gasteiger partial charge >= 0.3 is 0 Å². The van der Waals surface area contributed by atoms with Crippen LogP contribution in [0.1, 0.15) is 24.2 Å². The molecule has 0 fully saturated rings. The second-order valence-corrected chi connectivity index (χ2v) is 2.98. The summed E-state index contributed by atoms with van der Waals surface area (Å²) in [4.78, 5) is 9.22. The molecule has 1 atom stereocenters. The van der Waals surface area contributed by atoms with Crippen LogP contribution in [0.15, 0.2) is 30.7 Å². The number of hydrogen-bond donors (Lipinski definition) is 1. The molecule has 1 aromatic rings. The van der Waals surface area contributed by atoms with Crippen molar-refractivity contribution in [2.45, 2.75) is 19.4 Å². The molecule has 1 aliphatic rings. The van der Waals surface area contributed by atoms with Gasteiger partial charge in [0.15, 0.2) is 0 Å². The molecule has 2 rings (SSSR count). The van der Waals surface area contributed by atoms with Crippen LogP contribution in [0.3, 0.4) is 0 Å². The van der Waals surface area contributed by atoms with Crippen molar-refractivity contribution in [3.63, 3.8) is 0 Å². The summed E-state index contributed by atoms with van der Waals surface area (Å²) in [5.74, 6) is 0. The van der Waals surface area contributed by atoms with Crippen LogP contribution >= 0.6 is 0 Å². The fourth-order valence-corrected chi connectivity index (χ4v) is 1.28. The average molecular weight is 176 g/mol. The van der Waals surface area contributed by atoms with Crippen LogP contribution in [-0.2, 0) is 11.3 Å². The quantitative estimate of drug-likeness (QED) is 0.745. The molecule has 0 aromatic carbocycles. The van der Waals surface area contributed by atoms with E-state index in [-0.39, 0.29) is 6.04 Å². The van der Waals surface area contributed by atoms with Gasteiger partial charge in [0.25, 0.3) is 0 Å². The summed E-state index contributed by atoms with van der Waals surface area (Å²) < 4.78 is 0. The predicted molar refractivity (Wildman–Crippen MR) is 49.7 cm³/mol. The van der Waals surface area contributed by atoms with Gasteiger partial charge in [0, 0.05) is 11.9 Å². The standard InChI is InChI=1S/C10H12N2O/c1-2-9-4-3-8(7-11-9)10-5-6-13-12-10/h3-7,10,12H,2H2,1H3. The summed E-state index contributed by atoms with van der Waals surface area (Å²) in [6, 6.07) is 4.27. The highest BCUT2D eigenvalue weighted by Gasteiger charge is 2.11. The van der Waals surface area contributed by atoms with Crippen LogP contribution in [-0.4, -0.2) is 4.98 Å². The van der Waals surface area contributed by atoms with Crippen LogP contribution in [0.25, 0.3) is 0 Å². The van der Waals surface area contributed by atoms with E-state index < -0.39 is 0 Å². The number of hydroxylamine groups is 1. The molecule has 0 bridgehead atoms. The maximum atomic E-state index is 4.91. The summed E-state index contributed by atoms with van der Waals surface area (Å²) in [6.07, 6.45) is 6.47. The summed E-state index contributed by atoms with van der Waals surface area (Å²) in [5, 5.41) is 0. The van der Waals surface area contributed by atoms with Gasteiger partial charge in [-0.1, -0.05) is 13.0 Å². The fourth-order valence-electron chi connectivity index (χ4n) is 1.28. The lowest BCUT2D eigenvalue weighted by molar-refractivity contribution is 0.142. The molecule has 0 saturated heterocycles. The minimum Gasteiger partial charge on any atom is -0.416 e. The number of nitrogens with zero attached hydrogens (tertiary/aromatic N) is 1. The van der Waals surface area contributed by atoms with E-state index in [9.17, 15) is 0 Å². The first-order chi connectivity index (χ1) is 6.40. The van der Waals surface area contributed by atoms with E-state index in [1.54, 1.807) is 6.26 Å². The van der Waals surface area contributed by atoms with Gasteiger partial charge in [-0.15, -0.1) is 5.48 Å². The van der Waals surface area contributed by atoms with Crippen molar-refractivity contribution in [3.8, 4) is 0 Å². The zero-order valence-electron chi connectivity index (χ0n) is 7.53. The van der Waals surface area contributed by atoms with E-state index in [4.69, 9.17) is 4.84 Å². The third-order valence-corrected chi connectivity index (χ3v) is 2.10. The van der Waals surface area contributed by atoms with Gasteiger partial charge in [0.05, 0.1) is 6.04 Å². The van der Waals surface area contributed by atoms with E-state index in [1.807, 2.05) is 18.3 Å². The van der Waals surface area contributed by atoms with Gasteiger partial charge in [0.1, 0.15) is 6.26 Å². The zero-order chi connectivity index (χ0) is 9.10. The third kappa shape index (κ3) is 1.70. The molecule has 0 radical (unpaired) electrons. The highest BCUT2D eigenvalue weighted by molar-refractivity contribution is 5.22. The molecule has 1 N–H and O–H groups in total. The Morgan fingerprint density at radius 1 is 1.54 bits per heavy atom. The molecule has 13 heavy (non-hydrogen) atoms. The first-order valence-electron chi connectivity index (χ1n) is 4.43. The molecule has 0 saturated carbocycles. The lowest BCUT2D eigenvalue weighted by atomic mass is 10.1. The fraction of sp³-hybridized carbons (Fsp3) is 0.300. The van der Waals surface area contributed by atoms with Crippen molar-refractivity contribution < 1.29 is 4.84 Å². The Labute approximate surface area is 77.4 Å². The first kappa shape index (κ1) is 8.26. The molecule has 3 nitrogen and oxygen atoms in total. The van der Waals surface area contributed by atoms with Gasteiger partial charge in [0.2, 0.25) is 0 Å². The van der Waals surface area contributed by atoms with Crippen LogP contribution in [0.2, 0.25) is 0 Å². The Hall–Kier alpha value is -1.35. The smallest absolute Gasteiger partial charge is 0.109 e. The second kappa shape index (κ2) is 3.58. The van der Waals surface area contributed by atoms with Gasteiger partial charge in [-0.05, 0) is 24.1 Å². The summed E-state index contributed by atoms with van der Waals surface area (Å²) in [5.41, 5.74) is 5.11. The number of aromatic nitrogens is 1. The van der Waals surface area contributed by atoms with Crippen LogP contribution in [0.5, 0.6) is 0 Å². The molecule has 1 aromatic heterocycles. The number of pyridine rings is 1. The number of hydrogen-bond acceptors (Lipinski definition) is 3. The predicted octanol–water partition coefficient (Wildman–Crippen LogP) is 1.73. The van der Waals surface area contributed by atoms with Crippen molar-refractivity contribution in [2.24, 2.45) is 0 Å². The van der Waals surface area contributed by atoms with Crippen LogP contribution < -0.4 is 5.48 Å². The lowest BCUT2D eigenvalue weighted by Crippen LogP contribution is -2.12. The van der Waals surface area contributed by atoms with E-state index >= 15 is 0 Å². The second-order valence-electron chi connectivity index (χ2n) is 2.98. The zero-order valence-corrected chi connectivity index (χ0v) is 7.53. The van der Waals surface area contributed by atoms with Crippen LogP contribution in [0.4, 0.5) is 0 Å². The van der Waals surface area contributed by atoms with Gasteiger partial charge < -0.3 is 4.84 Å². The normalized spacial score (nSPS) is 20.2. The molecule has 0 aliphatic carbocycles. The SMILES string of the molecule is CCc1ccc(C2C=CON2)cn1. The maximum Gasteiger partial charge on any atom is 0.109 e. The third-order valence-electron chi connectivity index (χ3n) is 2.10. The van der Waals surface area contributed by atoms with E-state index in [1.165, 1.54) is 0 Å². The van der Waals surface area contributed by atoms with Gasteiger partial charge in [-0.3, -0.25) is 4.98 Å². The molecular formula is C10H12N2O. The summed E-state index contributed by atoms with van der Waals surface area (Å²) in [7, 11) is 0. The maximum absolute atomic E-state index is 4.91. The molecule has 1 aliphatic heterocycles. The van der Waals surface area contributed by atoms with Gasteiger partial charge in [-0.25, -0.2) is 0 Å². The van der Waals surface area contributed by atoms with Gasteiger partial charge in [-0.2, -0.15) is 0 Å². The minimum atomic E-state index is 0.151. The highest BCUT2D eigenvalue weighted by Crippen LogP contribution is 2.17. The number of aryl methyl sites for hydroxylation is 1. The molecule has 3 heteroatoms. The van der Waals surface area contributed by atoms with Crippen molar-refractivity contribution in [3.05, 3.63) is 41.9 Å². The van der Waals surface area contributed by atoms with Crippen molar-refractivity contribution in [1.82, 2.24) is 10.5 Å². The Balaban J connectivity index is 2.17. The Kier molecular flexibility index (Phi) is 2.27. The Morgan fingerprint density at radius 2 is 2.46 bits per heavy atom. The first-order valence-corrected chi connectivity index (χ1v) is 4.43. The minimum absolute atomic E-state index is 0.151. The number of rotatable bonds is 2. The average Bonchev–Trinajstić information content (AvgIpc) is 2.71. The molecule has 1 unspecified atom stereocenters. The molecular weight excluding hydrogens is 164 g/mol. The molecule has 68 valence electrons. The topological polar surface area (TPSA) is 34.1 Å². The lowest BCUT2D eigenvalue weighted by Gasteiger charge is -2.07. The highest BCUT2D eigenvalue weighted by atomic mass is 16.6. The van der Waals surface area contributed by atoms with Crippen molar-refractivity contribution in [1.29, 1.82) is 0 Å². The molecule has 0 amide bonds. The largest absolute Gasteiger partial charge is 0.416 e. The van der Waals surface area contributed by atoms with E-state index in [0.717, 1.165) is 17.7 Å². The van der Waals surface area contributed by atoms with Crippen molar-refractivity contribution in [2.75, 3.05) is 0 Å². The van der Waals surface area contributed by atoms with E-state index in [2.05, 4.69) is 23.5 Å². The summed E-state index contributed by atoms with van der Waals surface area (Å²) >= 11 is 0. The molecule has 2 heterocycles.